The van der Waals surface area contributed by atoms with Crippen LogP contribution in [0.3, 0.4) is 0 Å². The van der Waals surface area contributed by atoms with Gasteiger partial charge in [-0.3, -0.25) is 0 Å². The normalized spacial score (nSPS) is 23.3. The monoisotopic (exact) mass is 725 g/mol. The van der Waals surface area contributed by atoms with E-state index in [9.17, 15) is 0 Å². The number of hydrogen-bond donors (Lipinski definition) is 0. The van der Waals surface area contributed by atoms with E-state index < -0.39 is 0 Å². The zero-order chi connectivity index (χ0) is 35.8. The highest BCUT2D eigenvalue weighted by Gasteiger charge is 2.62. The number of anilines is 3. The van der Waals surface area contributed by atoms with E-state index in [1.54, 1.807) is 11.1 Å². The van der Waals surface area contributed by atoms with Crippen LogP contribution in [0.25, 0.3) is 64.4 Å². The van der Waals surface area contributed by atoms with Crippen molar-refractivity contribution in [3.8, 4) is 22.3 Å². The van der Waals surface area contributed by atoms with Crippen LogP contribution in [0, 0.1) is 23.7 Å². The maximum absolute atomic E-state index is 6.45. The number of thiophene rings is 1. The second-order valence-corrected chi connectivity index (χ2v) is 18.0. The third-order valence-electron chi connectivity index (χ3n) is 14.2. The van der Waals surface area contributed by atoms with Gasteiger partial charge in [0.2, 0.25) is 0 Å². The molecule has 0 amide bonds. The third kappa shape index (κ3) is 4.20. The lowest BCUT2D eigenvalue weighted by Crippen LogP contribution is -2.55. The van der Waals surface area contributed by atoms with Crippen LogP contribution in [-0.4, -0.2) is 0 Å². The molecule has 4 fully saturated rings. The summed E-state index contributed by atoms with van der Waals surface area (Å²) in [5.41, 5.74) is 14.3. The second-order valence-electron chi connectivity index (χ2n) is 16.9. The van der Waals surface area contributed by atoms with Gasteiger partial charge in [-0.15, -0.1) is 11.3 Å². The van der Waals surface area contributed by atoms with Crippen molar-refractivity contribution in [1.82, 2.24) is 0 Å². The molecule has 264 valence electrons. The van der Waals surface area contributed by atoms with E-state index in [1.165, 1.54) is 74.5 Å². The van der Waals surface area contributed by atoms with Gasteiger partial charge in [0.05, 0.1) is 0 Å². The summed E-state index contributed by atoms with van der Waals surface area (Å²) in [6, 6.07) is 56.9. The number of para-hydroxylation sites is 1. The predicted molar refractivity (Wildman–Crippen MR) is 230 cm³/mol. The molecule has 3 heteroatoms. The Bertz CT molecular complexity index is 2990. The molecular weight excluding hydrogens is 687 g/mol. The Morgan fingerprint density at radius 2 is 1.11 bits per heavy atom. The minimum atomic E-state index is 0.126. The summed E-state index contributed by atoms with van der Waals surface area (Å²) < 4.78 is 9.08. The summed E-state index contributed by atoms with van der Waals surface area (Å²) in [6.45, 7) is 0. The van der Waals surface area contributed by atoms with Crippen LogP contribution in [0.1, 0.15) is 43.2 Å². The maximum Gasteiger partial charge on any atom is 0.137 e. The average molecular weight is 726 g/mol. The highest BCUT2D eigenvalue weighted by Crippen LogP contribution is 2.70. The van der Waals surface area contributed by atoms with Gasteiger partial charge in [-0.25, -0.2) is 0 Å². The number of rotatable bonds is 4. The molecule has 55 heavy (non-hydrogen) atoms. The predicted octanol–water partition coefficient (Wildman–Crippen LogP) is 14.8. The molecule has 7 aromatic carbocycles. The molecular formula is C52H39NOS. The average Bonchev–Trinajstić information content (AvgIpc) is 3.88. The number of benzene rings is 7. The van der Waals surface area contributed by atoms with E-state index in [0.717, 1.165) is 62.7 Å². The topological polar surface area (TPSA) is 16.4 Å². The first-order valence-electron chi connectivity index (χ1n) is 20.2. The Hall–Kier alpha value is -5.64. The zero-order valence-electron chi connectivity index (χ0n) is 30.5. The van der Waals surface area contributed by atoms with Crippen LogP contribution in [0.2, 0.25) is 0 Å². The number of fused-ring (bicyclic) bond motifs is 9. The van der Waals surface area contributed by atoms with Gasteiger partial charge in [0, 0.05) is 59.5 Å². The summed E-state index contributed by atoms with van der Waals surface area (Å²) in [7, 11) is 0. The summed E-state index contributed by atoms with van der Waals surface area (Å²) in [5.74, 6) is 3.32. The Labute approximate surface area is 324 Å². The van der Waals surface area contributed by atoms with Gasteiger partial charge in [-0.1, -0.05) is 91.0 Å². The molecule has 1 spiro atoms. The van der Waals surface area contributed by atoms with Gasteiger partial charge < -0.3 is 9.32 Å². The molecule has 14 rings (SSSR count). The first-order chi connectivity index (χ1) is 27.2. The van der Waals surface area contributed by atoms with Crippen molar-refractivity contribution in [2.75, 3.05) is 4.90 Å². The fourth-order valence-electron chi connectivity index (χ4n) is 12.4. The molecule has 9 aromatic rings. The van der Waals surface area contributed by atoms with Gasteiger partial charge in [-0.05, 0) is 144 Å². The van der Waals surface area contributed by atoms with Crippen LogP contribution in [0.4, 0.5) is 17.1 Å². The number of furan rings is 1. The largest absolute Gasteiger partial charge is 0.456 e. The van der Waals surface area contributed by atoms with Gasteiger partial charge in [-0.2, -0.15) is 0 Å². The summed E-state index contributed by atoms with van der Waals surface area (Å²) in [4.78, 5) is 2.41. The van der Waals surface area contributed by atoms with Crippen LogP contribution >= 0.6 is 11.3 Å². The molecule has 0 N–H and O–H groups in total. The van der Waals surface area contributed by atoms with E-state index in [-0.39, 0.29) is 5.41 Å². The van der Waals surface area contributed by atoms with Crippen LogP contribution in [-0.2, 0) is 5.41 Å². The lowest BCUT2D eigenvalue weighted by molar-refractivity contribution is -0.0397. The van der Waals surface area contributed by atoms with E-state index in [4.69, 9.17) is 4.42 Å². The standard InChI is InChI=1S/C52H39NOS/c1-4-13-46-40(8-1)44-12-7-11-39(51(44)52(46)34-25-31-24-32(27-34)28-35(52)26-31)33-16-18-36(19-17-33)53(37-21-23-50-45(29-37)43-10-3-6-15-49(43)55-50)38-20-22-42-41-9-2-5-14-47(41)54-48(42)30-38/h1-23,29-32,34-35H,24-28H2. The molecule has 0 saturated heterocycles. The minimum Gasteiger partial charge on any atom is -0.456 e. The first kappa shape index (κ1) is 30.7. The van der Waals surface area contributed by atoms with Gasteiger partial charge in [0.25, 0.3) is 0 Å². The lowest BCUT2D eigenvalue weighted by atomic mass is 9.42. The van der Waals surface area contributed by atoms with E-state index in [1.807, 2.05) is 17.4 Å². The molecule has 2 nitrogen and oxygen atoms in total. The van der Waals surface area contributed by atoms with Gasteiger partial charge in [0.15, 0.2) is 0 Å². The number of hydrogen-bond acceptors (Lipinski definition) is 3. The molecule has 0 aliphatic heterocycles. The van der Waals surface area contributed by atoms with Crippen molar-refractivity contribution in [1.29, 1.82) is 0 Å². The SMILES string of the molecule is c1ccc2c(c1)-c1cccc(-c3ccc(N(c4ccc5c(c4)oc4ccccc45)c4ccc5sc6ccccc6c5c4)cc3)c1C21C2CC3CC(C2)CC1C3. The summed E-state index contributed by atoms with van der Waals surface area (Å²) in [5, 5.41) is 4.90. The Kier molecular flexibility index (Phi) is 6.25. The molecule has 0 atom stereocenters. The lowest BCUT2D eigenvalue weighted by Gasteiger charge is -2.61. The van der Waals surface area contributed by atoms with Crippen molar-refractivity contribution in [3.05, 3.63) is 163 Å². The molecule has 2 heterocycles. The van der Waals surface area contributed by atoms with Crippen molar-refractivity contribution in [3.63, 3.8) is 0 Å². The van der Waals surface area contributed by atoms with Crippen molar-refractivity contribution < 1.29 is 4.42 Å². The van der Waals surface area contributed by atoms with Gasteiger partial charge in [0.1, 0.15) is 11.2 Å². The van der Waals surface area contributed by atoms with Crippen LogP contribution in [0.15, 0.2) is 156 Å². The van der Waals surface area contributed by atoms with Crippen LogP contribution < -0.4 is 4.90 Å². The van der Waals surface area contributed by atoms with E-state index in [2.05, 4.69) is 150 Å². The highest BCUT2D eigenvalue weighted by atomic mass is 32.1. The number of nitrogens with zero attached hydrogens (tertiary/aromatic N) is 1. The summed E-state index contributed by atoms with van der Waals surface area (Å²) in [6.07, 6.45) is 7.03. The molecule has 4 saturated carbocycles. The van der Waals surface area contributed by atoms with Crippen molar-refractivity contribution >= 4 is 70.5 Å². The van der Waals surface area contributed by atoms with Crippen molar-refractivity contribution in [2.24, 2.45) is 23.7 Å². The first-order valence-corrected chi connectivity index (χ1v) is 21.0. The van der Waals surface area contributed by atoms with E-state index in [0.29, 0.717) is 0 Å². The molecule has 2 aromatic heterocycles. The molecule has 0 unspecified atom stereocenters. The Morgan fingerprint density at radius 1 is 0.473 bits per heavy atom. The molecule has 0 radical (unpaired) electrons. The van der Waals surface area contributed by atoms with Gasteiger partial charge >= 0.3 is 0 Å². The quantitative estimate of drug-likeness (QED) is 0.180. The molecule has 5 aliphatic rings. The molecule has 5 aliphatic carbocycles. The smallest absolute Gasteiger partial charge is 0.137 e. The molecule has 4 bridgehead atoms. The zero-order valence-corrected chi connectivity index (χ0v) is 31.4. The summed E-state index contributed by atoms with van der Waals surface area (Å²) >= 11 is 1.87. The Morgan fingerprint density at radius 3 is 1.96 bits per heavy atom. The highest BCUT2D eigenvalue weighted by molar-refractivity contribution is 7.25. The fraction of sp³-hybridized carbons (Fsp3) is 0.192. The van der Waals surface area contributed by atoms with Crippen LogP contribution in [0.5, 0.6) is 0 Å². The fourth-order valence-corrected chi connectivity index (χ4v) is 13.5. The van der Waals surface area contributed by atoms with Crippen molar-refractivity contribution in [2.45, 2.75) is 37.5 Å². The van der Waals surface area contributed by atoms with E-state index >= 15 is 0 Å². The Balaban J connectivity index is 0.977. The second kappa shape index (κ2) is 11.2. The minimum absolute atomic E-state index is 0.126. The third-order valence-corrected chi connectivity index (χ3v) is 15.4. The maximum atomic E-state index is 6.45.